The Morgan fingerprint density at radius 3 is 1.49 bits per heavy atom. The van der Waals surface area contributed by atoms with Crippen LogP contribution in [0.5, 0.6) is 0 Å². The molecule has 0 aliphatic rings. The molecular weight excluding hydrogens is 569 g/mol. The number of hydrogen-bond donors (Lipinski definition) is 0. The Kier molecular flexibility index (Phi) is 8.48. The van der Waals surface area contributed by atoms with E-state index in [0.717, 1.165) is 50.8 Å². The topological polar surface area (TPSA) is 6.48 Å². The summed E-state index contributed by atoms with van der Waals surface area (Å²) in [6.07, 6.45) is 6.16. The van der Waals surface area contributed by atoms with Crippen LogP contribution in [0.4, 0.5) is 34.1 Å². The fourth-order valence-electron chi connectivity index (χ4n) is 6.33. The second-order valence-corrected chi connectivity index (χ2v) is 11.4. The zero-order chi connectivity index (χ0) is 32.0. The standard InChI is InChI=1S/C45H36N2/c1-3-15-36-17-13-24-44(42(36)4-2)46(38-19-7-5-8-20-38)40-30-26-34(27-31-40)35-28-32-41(33-29-35)47(39-21-9-6-10-22-39)45-25-14-18-37-16-11-12-23-43(37)45/h3-33H,2H2,1H3/b15-3-. The number of hydrogen-bond acceptors (Lipinski definition) is 2. The van der Waals surface area contributed by atoms with Crippen molar-refractivity contribution in [3.05, 3.63) is 194 Å². The Labute approximate surface area is 277 Å². The molecule has 0 aromatic heterocycles. The Bertz CT molecular complexity index is 2140. The third kappa shape index (κ3) is 5.97. The number of rotatable bonds is 9. The van der Waals surface area contributed by atoms with Crippen molar-refractivity contribution >= 4 is 57.0 Å². The van der Waals surface area contributed by atoms with E-state index >= 15 is 0 Å². The van der Waals surface area contributed by atoms with Crippen LogP contribution in [-0.4, -0.2) is 0 Å². The third-order valence-corrected chi connectivity index (χ3v) is 8.53. The van der Waals surface area contributed by atoms with E-state index in [1.807, 2.05) is 13.0 Å². The first kappa shape index (κ1) is 29.6. The van der Waals surface area contributed by atoms with Gasteiger partial charge in [-0.15, -0.1) is 0 Å². The third-order valence-electron chi connectivity index (χ3n) is 8.53. The first-order chi connectivity index (χ1) is 23.2. The number of allylic oxidation sites excluding steroid dienone is 1. The quantitative estimate of drug-likeness (QED) is 0.162. The summed E-state index contributed by atoms with van der Waals surface area (Å²) in [6, 6.07) is 60.3. The molecule has 0 N–H and O–H groups in total. The maximum Gasteiger partial charge on any atom is 0.0540 e. The molecule has 0 atom stereocenters. The molecular formula is C45H36N2. The normalized spacial score (nSPS) is 11.1. The van der Waals surface area contributed by atoms with Crippen LogP contribution in [0.25, 0.3) is 34.1 Å². The van der Waals surface area contributed by atoms with E-state index in [9.17, 15) is 0 Å². The molecule has 226 valence electrons. The van der Waals surface area contributed by atoms with Gasteiger partial charge in [-0.1, -0.05) is 134 Å². The van der Waals surface area contributed by atoms with Crippen molar-refractivity contribution in [2.24, 2.45) is 0 Å². The minimum Gasteiger partial charge on any atom is -0.310 e. The van der Waals surface area contributed by atoms with Gasteiger partial charge in [0.05, 0.1) is 11.4 Å². The molecule has 0 aliphatic heterocycles. The lowest BCUT2D eigenvalue weighted by molar-refractivity contribution is 1.27. The molecule has 0 saturated carbocycles. The van der Waals surface area contributed by atoms with Crippen molar-refractivity contribution < 1.29 is 0 Å². The van der Waals surface area contributed by atoms with Gasteiger partial charge >= 0.3 is 0 Å². The number of anilines is 6. The minimum atomic E-state index is 1.09. The largest absolute Gasteiger partial charge is 0.310 e. The maximum absolute atomic E-state index is 4.17. The highest BCUT2D eigenvalue weighted by Crippen LogP contribution is 2.41. The lowest BCUT2D eigenvalue weighted by Gasteiger charge is -2.28. The van der Waals surface area contributed by atoms with Gasteiger partial charge in [0.1, 0.15) is 0 Å². The van der Waals surface area contributed by atoms with Gasteiger partial charge in [0.25, 0.3) is 0 Å². The van der Waals surface area contributed by atoms with Crippen LogP contribution in [0.2, 0.25) is 0 Å². The first-order valence-electron chi connectivity index (χ1n) is 16.0. The van der Waals surface area contributed by atoms with E-state index in [2.05, 4.69) is 198 Å². The Morgan fingerprint density at radius 1 is 0.447 bits per heavy atom. The summed E-state index contributed by atoms with van der Waals surface area (Å²) in [5.41, 5.74) is 11.2. The second-order valence-electron chi connectivity index (χ2n) is 11.4. The molecule has 2 heteroatoms. The van der Waals surface area contributed by atoms with Gasteiger partial charge in [0.2, 0.25) is 0 Å². The summed E-state index contributed by atoms with van der Waals surface area (Å²) in [4.78, 5) is 4.64. The van der Waals surface area contributed by atoms with E-state index in [0.29, 0.717) is 0 Å². The van der Waals surface area contributed by atoms with Gasteiger partial charge in [-0.25, -0.2) is 0 Å². The number of fused-ring (bicyclic) bond motifs is 1. The summed E-state index contributed by atoms with van der Waals surface area (Å²) in [7, 11) is 0. The molecule has 0 bridgehead atoms. The van der Waals surface area contributed by atoms with Crippen molar-refractivity contribution in [1.29, 1.82) is 0 Å². The van der Waals surface area contributed by atoms with Crippen molar-refractivity contribution in [2.75, 3.05) is 9.80 Å². The second kappa shape index (κ2) is 13.5. The molecule has 7 aromatic carbocycles. The van der Waals surface area contributed by atoms with Crippen LogP contribution in [0.3, 0.4) is 0 Å². The van der Waals surface area contributed by atoms with Crippen molar-refractivity contribution in [2.45, 2.75) is 6.92 Å². The predicted molar refractivity (Wildman–Crippen MR) is 204 cm³/mol. The maximum atomic E-state index is 4.17. The molecule has 0 amide bonds. The molecule has 0 radical (unpaired) electrons. The average Bonchev–Trinajstić information content (AvgIpc) is 3.14. The molecule has 7 aromatic rings. The Hall–Kier alpha value is -6.12. The fourth-order valence-corrected chi connectivity index (χ4v) is 6.33. The predicted octanol–water partition coefficient (Wildman–Crippen LogP) is 13.1. The van der Waals surface area contributed by atoms with Crippen LogP contribution >= 0.6 is 0 Å². The molecule has 0 heterocycles. The van der Waals surface area contributed by atoms with Crippen molar-refractivity contribution in [3.8, 4) is 11.1 Å². The summed E-state index contributed by atoms with van der Waals surface area (Å²) in [6.45, 7) is 6.21. The van der Waals surface area contributed by atoms with Crippen LogP contribution in [0.1, 0.15) is 18.1 Å². The van der Waals surface area contributed by atoms with Crippen LogP contribution < -0.4 is 9.80 Å². The van der Waals surface area contributed by atoms with Gasteiger partial charge in [0, 0.05) is 33.7 Å². The average molecular weight is 605 g/mol. The van der Waals surface area contributed by atoms with E-state index in [4.69, 9.17) is 0 Å². The van der Waals surface area contributed by atoms with E-state index in [1.165, 1.54) is 16.3 Å². The highest BCUT2D eigenvalue weighted by Gasteiger charge is 2.18. The first-order valence-corrected chi connectivity index (χ1v) is 16.0. The lowest BCUT2D eigenvalue weighted by Crippen LogP contribution is -2.11. The van der Waals surface area contributed by atoms with Crippen molar-refractivity contribution in [3.63, 3.8) is 0 Å². The van der Waals surface area contributed by atoms with Gasteiger partial charge in [0.15, 0.2) is 0 Å². The zero-order valence-electron chi connectivity index (χ0n) is 26.5. The molecule has 7 rings (SSSR count). The molecule has 0 spiro atoms. The monoisotopic (exact) mass is 604 g/mol. The van der Waals surface area contributed by atoms with E-state index in [-0.39, 0.29) is 0 Å². The Balaban J connectivity index is 1.25. The highest BCUT2D eigenvalue weighted by molar-refractivity contribution is 5.99. The summed E-state index contributed by atoms with van der Waals surface area (Å²) < 4.78 is 0. The Morgan fingerprint density at radius 2 is 0.915 bits per heavy atom. The van der Waals surface area contributed by atoms with Gasteiger partial charge < -0.3 is 9.80 Å². The number of benzene rings is 7. The molecule has 0 aliphatic carbocycles. The lowest BCUT2D eigenvalue weighted by atomic mass is 10.0. The molecule has 2 nitrogen and oxygen atoms in total. The smallest absolute Gasteiger partial charge is 0.0540 e. The minimum absolute atomic E-state index is 1.09. The van der Waals surface area contributed by atoms with Gasteiger partial charge in [-0.05, 0) is 89.7 Å². The van der Waals surface area contributed by atoms with E-state index < -0.39 is 0 Å². The molecule has 0 unspecified atom stereocenters. The molecule has 0 fully saturated rings. The molecule has 47 heavy (non-hydrogen) atoms. The van der Waals surface area contributed by atoms with E-state index in [1.54, 1.807) is 0 Å². The SMILES string of the molecule is C=Cc1c(/C=C\C)cccc1N(c1ccccc1)c1ccc(-c2ccc(N(c3ccccc3)c3cccc4ccccc34)cc2)cc1. The van der Waals surface area contributed by atoms with Crippen molar-refractivity contribution in [1.82, 2.24) is 0 Å². The summed E-state index contributed by atoms with van der Waals surface area (Å²) in [5, 5.41) is 2.44. The molecule has 0 saturated heterocycles. The van der Waals surface area contributed by atoms with Crippen LogP contribution in [0, 0.1) is 0 Å². The van der Waals surface area contributed by atoms with Crippen LogP contribution in [0.15, 0.2) is 183 Å². The van der Waals surface area contributed by atoms with Crippen LogP contribution in [-0.2, 0) is 0 Å². The summed E-state index contributed by atoms with van der Waals surface area (Å²) in [5.74, 6) is 0. The van der Waals surface area contributed by atoms with Gasteiger partial charge in [-0.3, -0.25) is 0 Å². The highest BCUT2D eigenvalue weighted by atomic mass is 15.1. The fraction of sp³-hybridized carbons (Fsp3) is 0.0222. The summed E-state index contributed by atoms with van der Waals surface area (Å²) >= 11 is 0. The number of nitrogens with zero attached hydrogens (tertiary/aromatic N) is 2. The van der Waals surface area contributed by atoms with Gasteiger partial charge in [-0.2, -0.15) is 0 Å². The number of para-hydroxylation sites is 2. The zero-order valence-corrected chi connectivity index (χ0v) is 26.5.